The van der Waals surface area contributed by atoms with Crippen LogP contribution in [0.15, 0.2) is 36.5 Å². The summed E-state index contributed by atoms with van der Waals surface area (Å²) in [4.78, 5) is 34.7. The summed E-state index contributed by atoms with van der Waals surface area (Å²) < 4.78 is 22.9. The first-order valence-corrected chi connectivity index (χ1v) is 11.3. The number of benzene rings is 1. The number of nitrogens with one attached hydrogen (secondary N) is 1. The third-order valence-electron chi connectivity index (χ3n) is 3.32. The molecule has 8 nitrogen and oxygen atoms in total. The van der Waals surface area contributed by atoms with Crippen molar-refractivity contribution < 1.29 is 28.6 Å². The van der Waals surface area contributed by atoms with Gasteiger partial charge in [0.15, 0.2) is 0 Å². The number of rotatable bonds is 8. The molecular formula is C18H22IN2O6P. The molecule has 0 aliphatic rings. The van der Waals surface area contributed by atoms with Gasteiger partial charge < -0.3 is 24.6 Å². The number of carbonyl (C=O) groups is 1. The zero-order chi connectivity index (χ0) is 20.9. The van der Waals surface area contributed by atoms with Crippen LogP contribution in [0.2, 0.25) is 0 Å². The lowest BCUT2D eigenvalue weighted by molar-refractivity contribution is 0.102. The van der Waals surface area contributed by atoms with E-state index in [4.69, 9.17) is 19.3 Å². The van der Waals surface area contributed by atoms with Gasteiger partial charge in [-0.2, -0.15) is 0 Å². The highest BCUT2D eigenvalue weighted by molar-refractivity contribution is 14.1. The molecule has 2 rings (SSSR count). The predicted octanol–water partition coefficient (Wildman–Crippen LogP) is 3.13. The Morgan fingerprint density at radius 3 is 2.43 bits per heavy atom. The van der Waals surface area contributed by atoms with E-state index >= 15 is 0 Å². The average Bonchev–Trinajstić information content (AvgIpc) is 2.59. The fourth-order valence-corrected chi connectivity index (χ4v) is 2.81. The van der Waals surface area contributed by atoms with Crippen LogP contribution in [-0.4, -0.2) is 37.3 Å². The molecule has 1 unspecified atom stereocenters. The number of hydrogen-bond donors (Lipinski definition) is 3. The third-order valence-corrected chi connectivity index (χ3v) is 4.62. The second kappa shape index (κ2) is 9.69. The van der Waals surface area contributed by atoms with Crippen LogP contribution in [0.4, 0.5) is 5.82 Å². The Morgan fingerprint density at radius 1 is 1.21 bits per heavy atom. The standard InChI is InChI=1S/C18H22IN2O6P/c1-11(2)27-15-7-13(6-14(8-15)26-10-12(3)19)18(22)21-17-5-4-16(9-20-17)28(23,24)25/h4-9,11-12H,10H2,1-3H3,(H,20,21,22)(H2,23,24,25). The van der Waals surface area contributed by atoms with Crippen molar-refractivity contribution in [2.24, 2.45) is 0 Å². The lowest BCUT2D eigenvalue weighted by atomic mass is 10.2. The molecule has 1 aromatic heterocycles. The molecule has 0 bridgehead atoms. The third kappa shape index (κ3) is 7.05. The molecule has 1 atom stereocenters. The number of pyridine rings is 1. The number of anilines is 1. The Balaban J connectivity index is 2.22. The summed E-state index contributed by atoms with van der Waals surface area (Å²) >= 11 is 2.24. The van der Waals surface area contributed by atoms with Crippen molar-refractivity contribution in [3.05, 3.63) is 42.1 Å². The molecule has 1 amide bonds. The van der Waals surface area contributed by atoms with Gasteiger partial charge in [0.2, 0.25) is 0 Å². The quantitative estimate of drug-likeness (QED) is 0.278. The summed E-state index contributed by atoms with van der Waals surface area (Å²) in [5.74, 6) is 0.735. The number of alkyl halides is 1. The Hall–Kier alpha value is -1.68. The zero-order valence-corrected chi connectivity index (χ0v) is 18.7. The van der Waals surface area contributed by atoms with Crippen LogP contribution in [-0.2, 0) is 4.57 Å². The Morgan fingerprint density at radius 2 is 1.89 bits per heavy atom. The monoisotopic (exact) mass is 520 g/mol. The number of ether oxygens (including phenoxy) is 2. The molecule has 0 aliphatic carbocycles. The number of carbonyl (C=O) groups excluding carboxylic acids is 1. The molecule has 0 saturated carbocycles. The summed E-state index contributed by atoms with van der Waals surface area (Å²) in [6.07, 6.45) is 0.960. The summed E-state index contributed by atoms with van der Waals surface area (Å²) in [7, 11) is -4.38. The van der Waals surface area contributed by atoms with Crippen molar-refractivity contribution >= 4 is 47.2 Å². The van der Waals surface area contributed by atoms with Gasteiger partial charge in [-0.3, -0.25) is 9.36 Å². The summed E-state index contributed by atoms with van der Waals surface area (Å²) in [5, 5.41) is 2.37. The Kier molecular flexibility index (Phi) is 7.82. The molecule has 3 N–H and O–H groups in total. The lowest BCUT2D eigenvalue weighted by Gasteiger charge is -2.15. The maximum absolute atomic E-state index is 12.6. The number of hydrogen-bond acceptors (Lipinski definition) is 5. The van der Waals surface area contributed by atoms with Crippen molar-refractivity contribution in [1.82, 2.24) is 4.98 Å². The Labute approximate surface area is 177 Å². The van der Waals surface area contributed by atoms with Gasteiger partial charge in [-0.05, 0) is 38.1 Å². The van der Waals surface area contributed by atoms with Crippen LogP contribution >= 0.6 is 30.2 Å². The molecule has 0 spiro atoms. The van der Waals surface area contributed by atoms with Gasteiger partial charge in [0.1, 0.15) is 17.3 Å². The predicted molar refractivity (Wildman–Crippen MR) is 115 cm³/mol. The zero-order valence-electron chi connectivity index (χ0n) is 15.6. The molecule has 28 heavy (non-hydrogen) atoms. The van der Waals surface area contributed by atoms with Crippen molar-refractivity contribution in [1.29, 1.82) is 0 Å². The highest BCUT2D eigenvalue weighted by Gasteiger charge is 2.18. The van der Waals surface area contributed by atoms with E-state index in [1.54, 1.807) is 18.2 Å². The molecule has 10 heteroatoms. The molecule has 1 aromatic carbocycles. The lowest BCUT2D eigenvalue weighted by Crippen LogP contribution is -2.16. The first kappa shape index (κ1) is 22.6. The van der Waals surface area contributed by atoms with Gasteiger partial charge in [0.25, 0.3) is 5.91 Å². The van der Waals surface area contributed by atoms with E-state index in [1.807, 2.05) is 20.8 Å². The fraction of sp³-hybridized carbons (Fsp3) is 0.333. The van der Waals surface area contributed by atoms with Crippen molar-refractivity contribution in [2.75, 3.05) is 11.9 Å². The molecule has 0 saturated heterocycles. The number of nitrogens with zero attached hydrogens (tertiary/aromatic N) is 1. The van der Waals surface area contributed by atoms with Crippen molar-refractivity contribution in [3.8, 4) is 11.5 Å². The number of aromatic nitrogens is 1. The van der Waals surface area contributed by atoms with E-state index in [1.165, 1.54) is 12.1 Å². The highest BCUT2D eigenvalue weighted by Crippen LogP contribution is 2.32. The average molecular weight is 520 g/mol. The highest BCUT2D eigenvalue weighted by atomic mass is 127. The minimum atomic E-state index is -4.38. The smallest absolute Gasteiger partial charge is 0.357 e. The van der Waals surface area contributed by atoms with E-state index in [0.29, 0.717) is 27.6 Å². The topological polar surface area (TPSA) is 118 Å². The summed E-state index contributed by atoms with van der Waals surface area (Å²) in [6, 6.07) is 7.47. The van der Waals surface area contributed by atoms with E-state index in [2.05, 4.69) is 32.9 Å². The summed E-state index contributed by atoms with van der Waals surface area (Å²) in [6.45, 7) is 6.26. The number of halogens is 1. The molecule has 0 fully saturated rings. The van der Waals surface area contributed by atoms with Crippen molar-refractivity contribution in [2.45, 2.75) is 30.8 Å². The van der Waals surface area contributed by atoms with Crippen LogP contribution in [0.3, 0.4) is 0 Å². The molecule has 1 heterocycles. The second-order valence-corrected chi connectivity index (χ2v) is 10.1. The first-order valence-electron chi connectivity index (χ1n) is 8.46. The van der Waals surface area contributed by atoms with E-state index in [-0.39, 0.29) is 17.2 Å². The van der Waals surface area contributed by atoms with Crippen LogP contribution in [0, 0.1) is 0 Å². The van der Waals surface area contributed by atoms with Gasteiger partial charge in [0.05, 0.1) is 18.0 Å². The maximum Gasteiger partial charge on any atom is 0.357 e. The second-order valence-electron chi connectivity index (χ2n) is 6.35. The maximum atomic E-state index is 12.6. The first-order chi connectivity index (χ1) is 13.0. The minimum absolute atomic E-state index is 0.0727. The van der Waals surface area contributed by atoms with E-state index in [9.17, 15) is 9.36 Å². The normalized spacial score (nSPS) is 12.5. The van der Waals surface area contributed by atoms with Crippen LogP contribution in [0.5, 0.6) is 11.5 Å². The minimum Gasteiger partial charge on any atom is -0.492 e. The van der Waals surface area contributed by atoms with Gasteiger partial charge in [-0.15, -0.1) is 0 Å². The SMILES string of the molecule is CC(I)COc1cc(OC(C)C)cc(C(=O)Nc2ccc(P(=O)(O)O)cn2)c1. The van der Waals surface area contributed by atoms with E-state index < -0.39 is 13.5 Å². The van der Waals surface area contributed by atoms with Crippen molar-refractivity contribution in [3.63, 3.8) is 0 Å². The van der Waals surface area contributed by atoms with Gasteiger partial charge >= 0.3 is 7.60 Å². The molecular weight excluding hydrogens is 498 g/mol. The summed E-state index contributed by atoms with van der Waals surface area (Å²) in [5.41, 5.74) is 0.315. The van der Waals surface area contributed by atoms with Crippen LogP contribution in [0.1, 0.15) is 31.1 Å². The fourth-order valence-electron chi connectivity index (χ4n) is 2.16. The van der Waals surface area contributed by atoms with Gasteiger partial charge in [0, 0.05) is 21.8 Å². The largest absolute Gasteiger partial charge is 0.492 e. The van der Waals surface area contributed by atoms with Gasteiger partial charge in [-0.1, -0.05) is 29.5 Å². The molecule has 0 radical (unpaired) electrons. The molecule has 0 aliphatic heterocycles. The van der Waals surface area contributed by atoms with Gasteiger partial charge in [-0.25, -0.2) is 4.98 Å². The van der Waals surface area contributed by atoms with E-state index in [0.717, 1.165) is 6.20 Å². The van der Waals surface area contributed by atoms with Crippen LogP contribution in [0.25, 0.3) is 0 Å². The Bertz CT molecular complexity index is 867. The molecule has 2 aromatic rings. The number of amides is 1. The van der Waals surface area contributed by atoms with Crippen LogP contribution < -0.4 is 20.1 Å². The molecule has 152 valence electrons.